The van der Waals surface area contributed by atoms with Crippen LogP contribution in [-0.2, 0) is 4.74 Å². The molecule has 3 nitrogen and oxygen atoms in total. The highest BCUT2D eigenvalue weighted by Gasteiger charge is 2.19. The van der Waals surface area contributed by atoms with Crippen LogP contribution in [0.1, 0.15) is 36.4 Å². The van der Waals surface area contributed by atoms with Crippen LogP contribution in [0.2, 0.25) is 0 Å². The molecule has 1 atom stereocenters. The van der Waals surface area contributed by atoms with Crippen LogP contribution < -0.4 is 0 Å². The third-order valence-electron chi connectivity index (χ3n) is 3.42. The zero-order valence-corrected chi connectivity index (χ0v) is 11.9. The lowest BCUT2D eigenvalue weighted by Crippen LogP contribution is -2.38. The van der Waals surface area contributed by atoms with Gasteiger partial charge >= 0.3 is 5.97 Å². The van der Waals surface area contributed by atoms with Crippen molar-refractivity contribution in [3.63, 3.8) is 0 Å². The molecule has 0 bridgehead atoms. The maximum absolute atomic E-state index is 11.8. The van der Waals surface area contributed by atoms with E-state index in [1.54, 1.807) is 0 Å². The van der Waals surface area contributed by atoms with Crippen molar-refractivity contribution in [2.45, 2.75) is 32.8 Å². The number of hydrogen-bond acceptors (Lipinski definition) is 4. The summed E-state index contributed by atoms with van der Waals surface area (Å²) in [6.07, 6.45) is 2.48. The lowest BCUT2D eigenvalue weighted by atomic mass is 9.99. The van der Waals surface area contributed by atoms with Gasteiger partial charge in [-0.05, 0) is 50.2 Å². The third kappa shape index (κ3) is 3.82. The van der Waals surface area contributed by atoms with Gasteiger partial charge in [0.05, 0.1) is 0 Å². The maximum atomic E-state index is 11.8. The first-order chi connectivity index (χ1) is 8.65. The smallest absolute Gasteiger partial charge is 0.348 e. The van der Waals surface area contributed by atoms with Crippen LogP contribution in [0.15, 0.2) is 17.5 Å². The Balaban J connectivity index is 1.75. The highest BCUT2D eigenvalue weighted by molar-refractivity contribution is 7.11. The molecule has 1 aliphatic rings. The summed E-state index contributed by atoms with van der Waals surface area (Å²) in [6.45, 7) is 7.38. The van der Waals surface area contributed by atoms with Crippen molar-refractivity contribution in [2.24, 2.45) is 5.92 Å². The number of hydrogen-bond donors (Lipinski definition) is 0. The Morgan fingerprint density at radius 1 is 1.56 bits per heavy atom. The minimum atomic E-state index is -0.192. The van der Waals surface area contributed by atoms with E-state index in [9.17, 15) is 4.79 Å². The summed E-state index contributed by atoms with van der Waals surface area (Å²) in [5.41, 5.74) is 0. The molecule has 0 aliphatic carbocycles. The molecule has 0 spiro atoms. The normalized spacial score (nSPS) is 19.7. The number of thiophene rings is 1. The molecule has 0 amide bonds. The topological polar surface area (TPSA) is 29.5 Å². The van der Waals surface area contributed by atoms with Crippen LogP contribution in [0, 0.1) is 5.92 Å². The van der Waals surface area contributed by atoms with E-state index in [1.807, 2.05) is 24.4 Å². The minimum absolute atomic E-state index is 0.0343. The molecule has 1 aliphatic heterocycles. The van der Waals surface area contributed by atoms with E-state index in [1.165, 1.54) is 24.2 Å². The molecule has 0 aromatic carbocycles. The highest BCUT2D eigenvalue weighted by Crippen LogP contribution is 2.17. The molecule has 2 rings (SSSR count). The van der Waals surface area contributed by atoms with E-state index in [4.69, 9.17) is 4.74 Å². The van der Waals surface area contributed by atoms with Gasteiger partial charge in [-0.2, -0.15) is 0 Å². The fourth-order valence-electron chi connectivity index (χ4n) is 2.28. The lowest BCUT2D eigenvalue weighted by molar-refractivity contribution is 0.0227. The van der Waals surface area contributed by atoms with Gasteiger partial charge in [-0.15, -0.1) is 11.3 Å². The van der Waals surface area contributed by atoms with Crippen LogP contribution in [0.3, 0.4) is 0 Å². The summed E-state index contributed by atoms with van der Waals surface area (Å²) >= 11 is 1.43. The van der Waals surface area contributed by atoms with Gasteiger partial charge in [-0.3, -0.25) is 4.90 Å². The van der Waals surface area contributed by atoms with Gasteiger partial charge in [0.15, 0.2) is 0 Å². The number of carbonyl (C=O) groups is 1. The van der Waals surface area contributed by atoms with Crippen molar-refractivity contribution in [1.82, 2.24) is 4.90 Å². The molecule has 100 valence electrons. The van der Waals surface area contributed by atoms with Crippen LogP contribution in [-0.4, -0.2) is 36.6 Å². The summed E-state index contributed by atoms with van der Waals surface area (Å²) in [4.78, 5) is 14.9. The fraction of sp³-hybridized carbons (Fsp3) is 0.643. The van der Waals surface area contributed by atoms with Crippen molar-refractivity contribution in [3.8, 4) is 0 Å². The van der Waals surface area contributed by atoms with Gasteiger partial charge in [0.25, 0.3) is 0 Å². The van der Waals surface area contributed by atoms with Crippen LogP contribution in [0.4, 0.5) is 0 Å². The van der Waals surface area contributed by atoms with Gasteiger partial charge in [-0.25, -0.2) is 4.79 Å². The first-order valence-electron chi connectivity index (χ1n) is 6.62. The summed E-state index contributed by atoms with van der Waals surface area (Å²) in [6, 6.07) is 3.68. The van der Waals surface area contributed by atoms with Crippen molar-refractivity contribution < 1.29 is 9.53 Å². The molecule has 1 aromatic heterocycles. The quantitative estimate of drug-likeness (QED) is 0.785. The standard InChI is InChI=1S/C14H21NO2S/c1-11-5-7-15(8-6-11)10-12(2)17-14(16)13-4-3-9-18-13/h3-4,9,11-12H,5-8,10H2,1-2H3/t12-/m0/s1. The molecule has 2 heterocycles. The number of carbonyl (C=O) groups excluding carboxylic acids is 1. The predicted molar refractivity (Wildman–Crippen MR) is 74.0 cm³/mol. The van der Waals surface area contributed by atoms with Crippen LogP contribution in [0.25, 0.3) is 0 Å². The molecule has 4 heteroatoms. The number of rotatable bonds is 4. The Hall–Kier alpha value is -0.870. The van der Waals surface area contributed by atoms with Crippen LogP contribution in [0.5, 0.6) is 0 Å². The molecule has 1 aromatic rings. The third-order valence-corrected chi connectivity index (χ3v) is 4.27. The van der Waals surface area contributed by atoms with Gasteiger partial charge in [0.2, 0.25) is 0 Å². The van der Waals surface area contributed by atoms with Gasteiger partial charge in [0, 0.05) is 6.54 Å². The second-order valence-corrected chi connectivity index (χ2v) is 6.12. The summed E-state index contributed by atoms with van der Waals surface area (Å²) < 4.78 is 5.45. The SMILES string of the molecule is CC1CCN(C[C@H](C)OC(=O)c2cccs2)CC1. The van der Waals surface area contributed by atoms with Crippen molar-refractivity contribution in [2.75, 3.05) is 19.6 Å². The molecular weight excluding hydrogens is 246 g/mol. The maximum Gasteiger partial charge on any atom is 0.348 e. The number of likely N-dealkylation sites (tertiary alicyclic amines) is 1. The average molecular weight is 267 g/mol. The molecule has 0 radical (unpaired) electrons. The number of nitrogens with zero attached hydrogens (tertiary/aromatic N) is 1. The number of piperidine rings is 1. The molecule has 18 heavy (non-hydrogen) atoms. The van der Waals surface area contributed by atoms with E-state index >= 15 is 0 Å². The highest BCUT2D eigenvalue weighted by atomic mass is 32.1. The van der Waals surface area contributed by atoms with E-state index in [-0.39, 0.29) is 12.1 Å². The molecular formula is C14H21NO2S. The largest absolute Gasteiger partial charge is 0.457 e. The molecule has 1 fully saturated rings. The lowest BCUT2D eigenvalue weighted by Gasteiger charge is -2.31. The summed E-state index contributed by atoms with van der Waals surface area (Å²) in [5, 5.41) is 1.90. The Morgan fingerprint density at radius 2 is 2.28 bits per heavy atom. The predicted octanol–water partition coefficient (Wildman–Crippen LogP) is 3.03. The van der Waals surface area contributed by atoms with E-state index in [0.29, 0.717) is 4.88 Å². The molecule has 0 saturated carbocycles. The van der Waals surface area contributed by atoms with E-state index < -0.39 is 0 Å². The Morgan fingerprint density at radius 3 is 2.89 bits per heavy atom. The number of ether oxygens (including phenoxy) is 1. The minimum Gasteiger partial charge on any atom is -0.457 e. The fourth-order valence-corrected chi connectivity index (χ4v) is 2.89. The first-order valence-corrected chi connectivity index (χ1v) is 7.50. The number of esters is 1. The van der Waals surface area contributed by atoms with Crippen molar-refractivity contribution in [3.05, 3.63) is 22.4 Å². The summed E-state index contributed by atoms with van der Waals surface area (Å²) in [7, 11) is 0. The van der Waals surface area contributed by atoms with E-state index in [2.05, 4.69) is 11.8 Å². The zero-order valence-electron chi connectivity index (χ0n) is 11.1. The Labute approximate surface area is 113 Å². The first kappa shape index (κ1) is 13.6. The van der Waals surface area contributed by atoms with Gasteiger partial charge in [-0.1, -0.05) is 13.0 Å². The zero-order chi connectivity index (χ0) is 13.0. The van der Waals surface area contributed by atoms with Crippen LogP contribution >= 0.6 is 11.3 Å². The second-order valence-electron chi connectivity index (χ2n) is 5.18. The van der Waals surface area contributed by atoms with Gasteiger partial charge < -0.3 is 4.74 Å². The average Bonchev–Trinajstić information content (AvgIpc) is 2.85. The Bertz CT molecular complexity index is 369. The monoisotopic (exact) mass is 267 g/mol. The summed E-state index contributed by atoms with van der Waals surface area (Å²) in [5.74, 6) is 0.646. The van der Waals surface area contributed by atoms with Crippen molar-refractivity contribution in [1.29, 1.82) is 0 Å². The van der Waals surface area contributed by atoms with Crippen molar-refractivity contribution >= 4 is 17.3 Å². The van der Waals surface area contributed by atoms with Gasteiger partial charge in [0.1, 0.15) is 11.0 Å². The molecule has 0 unspecified atom stereocenters. The molecule has 1 saturated heterocycles. The Kier molecular flexibility index (Phi) is 4.78. The van der Waals surface area contributed by atoms with E-state index in [0.717, 1.165) is 25.6 Å². The molecule has 0 N–H and O–H groups in total. The second kappa shape index (κ2) is 6.34.